The van der Waals surface area contributed by atoms with Gasteiger partial charge in [0.15, 0.2) is 0 Å². The Balaban J connectivity index is 2.41. The van der Waals surface area contributed by atoms with Crippen molar-refractivity contribution in [1.29, 1.82) is 5.26 Å². The molecule has 19 heavy (non-hydrogen) atoms. The summed E-state index contributed by atoms with van der Waals surface area (Å²) in [6, 6.07) is 10.2. The zero-order valence-electron chi connectivity index (χ0n) is 10.3. The Morgan fingerprint density at radius 2 is 2.26 bits per heavy atom. The van der Waals surface area contributed by atoms with Crippen molar-refractivity contribution in [3.05, 3.63) is 53.3 Å². The molecule has 1 N–H and O–H groups in total. The summed E-state index contributed by atoms with van der Waals surface area (Å²) in [6.45, 7) is 0.389. The van der Waals surface area contributed by atoms with Gasteiger partial charge in [0.2, 0.25) is 0 Å². The number of hydrogen-bond donors (Lipinski definition) is 1. The van der Waals surface area contributed by atoms with Crippen LogP contribution in [-0.2, 0) is 6.54 Å². The fourth-order valence-electron chi connectivity index (χ4n) is 1.87. The van der Waals surface area contributed by atoms with Crippen LogP contribution in [0.25, 0.3) is 0 Å². The zero-order valence-corrected chi connectivity index (χ0v) is 10.3. The molecule has 96 valence electrons. The van der Waals surface area contributed by atoms with E-state index < -0.39 is 5.97 Å². The number of carboxylic acid groups (broad SMARTS) is 1. The number of hydrogen-bond acceptors (Lipinski definition) is 3. The molecule has 0 saturated carbocycles. The first-order valence-corrected chi connectivity index (χ1v) is 5.61. The highest BCUT2D eigenvalue weighted by Crippen LogP contribution is 2.21. The molecule has 0 spiro atoms. The van der Waals surface area contributed by atoms with Gasteiger partial charge in [-0.1, -0.05) is 0 Å². The van der Waals surface area contributed by atoms with Crippen molar-refractivity contribution in [3.63, 3.8) is 0 Å². The molecule has 5 nitrogen and oxygen atoms in total. The van der Waals surface area contributed by atoms with Crippen LogP contribution in [0.3, 0.4) is 0 Å². The average Bonchev–Trinajstić information content (AvgIpc) is 2.85. The predicted octanol–water partition coefficient (Wildman–Crippen LogP) is 2.11. The van der Waals surface area contributed by atoms with Crippen molar-refractivity contribution in [2.24, 2.45) is 0 Å². The van der Waals surface area contributed by atoms with Crippen LogP contribution in [0.15, 0.2) is 36.5 Å². The van der Waals surface area contributed by atoms with E-state index in [1.807, 2.05) is 0 Å². The minimum Gasteiger partial charge on any atom is -0.496 e. The van der Waals surface area contributed by atoms with Gasteiger partial charge in [-0.05, 0) is 30.3 Å². The standard InChI is InChI=1S/C14H12N2O3/c1-19-13-5-4-10(14(17)18)7-11(13)9-16-6-2-3-12(16)8-15/h2-7H,9H2,1H3,(H,17,18). The fraction of sp³-hybridized carbons (Fsp3) is 0.143. The van der Waals surface area contributed by atoms with Crippen molar-refractivity contribution in [2.75, 3.05) is 7.11 Å². The highest BCUT2D eigenvalue weighted by Gasteiger charge is 2.10. The van der Waals surface area contributed by atoms with Gasteiger partial charge in [-0.3, -0.25) is 0 Å². The number of aromatic nitrogens is 1. The molecule has 1 aromatic heterocycles. The second-order valence-electron chi connectivity index (χ2n) is 3.96. The van der Waals surface area contributed by atoms with Crippen molar-refractivity contribution < 1.29 is 14.6 Å². The first-order chi connectivity index (χ1) is 9.15. The van der Waals surface area contributed by atoms with Crippen LogP contribution in [0.4, 0.5) is 0 Å². The molecule has 0 aliphatic carbocycles. The van der Waals surface area contributed by atoms with Gasteiger partial charge in [-0.2, -0.15) is 5.26 Å². The normalized spacial score (nSPS) is 9.89. The fourth-order valence-corrected chi connectivity index (χ4v) is 1.87. The van der Waals surface area contributed by atoms with Crippen LogP contribution in [0.1, 0.15) is 21.6 Å². The highest BCUT2D eigenvalue weighted by molar-refractivity contribution is 5.88. The van der Waals surface area contributed by atoms with Gasteiger partial charge in [0.05, 0.1) is 19.2 Å². The molecule has 0 radical (unpaired) electrons. The Bertz CT molecular complexity index is 653. The average molecular weight is 256 g/mol. The van der Waals surface area contributed by atoms with Crippen molar-refractivity contribution >= 4 is 5.97 Å². The van der Waals surface area contributed by atoms with E-state index in [9.17, 15) is 4.79 Å². The second kappa shape index (κ2) is 5.27. The number of nitriles is 1. The molecule has 0 unspecified atom stereocenters. The smallest absolute Gasteiger partial charge is 0.335 e. The highest BCUT2D eigenvalue weighted by atomic mass is 16.5. The topological polar surface area (TPSA) is 75.2 Å². The third kappa shape index (κ3) is 2.58. The molecule has 0 aliphatic rings. The van der Waals surface area contributed by atoms with E-state index in [1.54, 1.807) is 35.0 Å². The molecule has 0 atom stereocenters. The minimum absolute atomic E-state index is 0.196. The first kappa shape index (κ1) is 12.7. The Hall–Kier alpha value is -2.74. The SMILES string of the molecule is COc1ccc(C(=O)O)cc1Cn1cccc1C#N. The number of nitrogens with zero attached hydrogens (tertiary/aromatic N) is 2. The van der Waals surface area contributed by atoms with Crippen molar-refractivity contribution in [1.82, 2.24) is 4.57 Å². The molecule has 2 aromatic rings. The Kier molecular flexibility index (Phi) is 3.53. The van der Waals surface area contributed by atoms with E-state index >= 15 is 0 Å². The molecule has 0 saturated heterocycles. The molecule has 0 amide bonds. The molecule has 1 heterocycles. The lowest BCUT2D eigenvalue weighted by Crippen LogP contribution is -2.05. The summed E-state index contributed by atoms with van der Waals surface area (Å²) in [5.74, 6) is -0.389. The number of methoxy groups -OCH3 is 1. The molecule has 1 aromatic carbocycles. The van der Waals surface area contributed by atoms with Crippen molar-refractivity contribution in [3.8, 4) is 11.8 Å². The minimum atomic E-state index is -0.989. The molecular weight excluding hydrogens is 244 g/mol. The monoisotopic (exact) mass is 256 g/mol. The van der Waals surface area contributed by atoms with E-state index in [2.05, 4.69) is 6.07 Å². The molecule has 5 heteroatoms. The van der Waals surface area contributed by atoms with E-state index in [4.69, 9.17) is 15.1 Å². The van der Waals surface area contributed by atoms with E-state index in [-0.39, 0.29) is 5.56 Å². The van der Waals surface area contributed by atoms with Crippen LogP contribution < -0.4 is 4.74 Å². The number of rotatable bonds is 4. The first-order valence-electron chi connectivity index (χ1n) is 5.61. The second-order valence-corrected chi connectivity index (χ2v) is 3.96. The maximum absolute atomic E-state index is 11.0. The third-order valence-electron chi connectivity index (χ3n) is 2.81. The lowest BCUT2D eigenvalue weighted by Gasteiger charge is -2.11. The molecule has 0 fully saturated rings. The number of benzene rings is 1. The summed E-state index contributed by atoms with van der Waals surface area (Å²) in [5.41, 5.74) is 1.43. The van der Waals surface area contributed by atoms with Gasteiger partial charge in [-0.15, -0.1) is 0 Å². The van der Waals surface area contributed by atoms with Crippen LogP contribution in [0.2, 0.25) is 0 Å². The van der Waals surface area contributed by atoms with E-state index in [0.29, 0.717) is 18.0 Å². The van der Waals surface area contributed by atoms with E-state index in [0.717, 1.165) is 5.56 Å². The molecule has 2 rings (SSSR count). The molecule has 0 bridgehead atoms. The van der Waals surface area contributed by atoms with Gasteiger partial charge in [0.25, 0.3) is 0 Å². The third-order valence-corrected chi connectivity index (χ3v) is 2.81. The molecular formula is C14H12N2O3. The molecule has 0 aliphatic heterocycles. The van der Waals surface area contributed by atoms with Crippen LogP contribution in [-0.4, -0.2) is 22.8 Å². The maximum atomic E-state index is 11.0. The van der Waals surface area contributed by atoms with Gasteiger partial charge in [0.1, 0.15) is 17.5 Å². The summed E-state index contributed by atoms with van der Waals surface area (Å²) < 4.78 is 6.95. The van der Waals surface area contributed by atoms with Gasteiger partial charge >= 0.3 is 5.97 Å². The van der Waals surface area contributed by atoms with Gasteiger partial charge in [0, 0.05) is 11.8 Å². The lowest BCUT2D eigenvalue weighted by atomic mass is 10.1. The number of carboxylic acids is 1. The lowest BCUT2D eigenvalue weighted by molar-refractivity contribution is 0.0696. The summed E-state index contributed by atoms with van der Waals surface area (Å²) >= 11 is 0. The number of ether oxygens (including phenoxy) is 1. The summed E-state index contributed by atoms with van der Waals surface area (Å²) in [6.07, 6.45) is 1.77. The zero-order chi connectivity index (χ0) is 13.8. The van der Waals surface area contributed by atoms with Crippen molar-refractivity contribution in [2.45, 2.75) is 6.54 Å². The van der Waals surface area contributed by atoms with Gasteiger partial charge in [-0.25, -0.2) is 4.79 Å². The van der Waals surface area contributed by atoms with E-state index in [1.165, 1.54) is 13.2 Å². The summed E-state index contributed by atoms with van der Waals surface area (Å²) in [4.78, 5) is 11.0. The number of carbonyl (C=O) groups is 1. The van der Waals surface area contributed by atoms with Gasteiger partial charge < -0.3 is 14.4 Å². The quantitative estimate of drug-likeness (QED) is 0.909. The predicted molar refractivity (Wildman–Crippen MR) is 68.2 cm³/mol. The van der Waals surface area contributed by atoms with Crippen LogP contribution >= 0.6 is 0 Å². The summed E-state index contributed by atoms with van der Waals surface area (Å²) in [5, 5.41) is 18.0. The number of aromatic carboxylic acids is 1. The summed E-state index contributed by atoms with van der Waals surface area (Å²) in [7, 11) is 1.53. The van der Waals surface area contributed by atoms with Crippen LogP contribution in [0, 0.1) is 11.3 Å². The Labute approximate surface area is 110 Å². The largest absolute Gasteiger partial charge is 0.496 e. The Morgan fingerprint density at radius 3 is 2.89 bits per heavy atom. The maximum Gasteiger partial charge on any atom is 0.335 e. The van der Waals surface area contributed by atoms with Crippen LogP contribution in [0.5, 0.6) is 5.75 Å². The Morgan fingerprint density at radius 1 is 1.47 bits per heavy atom.